The maximum Gasteiger partial charge on any atom is 0.339 e. The summed E-state index contributed by atoms with van der Waals surface area (Å²) in [7, 11) is -4.29. The molecule has 0 saturated carbocycles. The zero-order chi connectivity index (χ0) is 13.8. The van der Waals surface area contributed by atoms with Crippen LogP contribution in [0.2, 0.25) is 0 Å². The lowest BCUT2D eigenvalue weighted by atomic mass is 10.1. The number of benzene rings is 1. The Bertz CT molecular complexity index is 454. The van der Waals surface area contributed by atoms with Crippen LogP contribution < -0.4 is 5.32 Å². The highest BCUT2D eigenvalue weighted by atomic mass is 31.2. The van der Waals surface area contributed by atoms with Crippen LogP contribution in [-0.2, 0) is 15.8 Å². The molecule has 0 saturated heterocycles. The topological polar surface area (TPSA) is 127 Å². The van der Waals surface area contributed by atoms with E-state index in [1.807, 2.05) is 0 Å². The van der Waals surface area contributed by atoms with Gasteiger partial charge in [0, 0.05) is 0 Å². The van der Waals surface area contributed by atoms with E-state index in [4.69, 9.17) is 20.0 Å². The fourth-order valence-electron chi connectivity index (χ4n) is 1.34. The number of nitrogens with one attached hydrogen (secondary N) is 1. The number of aromatic hydroxyl groups is 1. The Labute approximate surface area is 103 Å². The Morgan fingerprint density at radius 1 is 1.28 bits per heavy atom. The maximum absolute atomic E-state index is 10.9. The minimum atomic E-state index is -4.29. The highest BCUT2D eigenvalue weighted by Crippen LogP contribution is 2.32. The van der Waals surface area contributed by atoms with Crippen molar-refractivity contribution in [1.82, 2.24) is 5.32 Å². The van der Waals surface area contributed by atoms with Crippen molar-refractivity contribution < 1.29 is 29.4 Å². The first-order valence-corrected chi connectivity index (χ1v) is 6.86. The van der Waals surface area contributed by atoms with Crippen LogP contribution in [0.1, 0.15) is 5.56 Å². The average Bonchev–Trinajstić information content (AvgIpc) is 2.25. The summed E-state index contributed by atoms with van der Waals surface area (Å²) in [6.07, 6.45) is -0.627. The highest BCUT2D eigenvalue weighted by Gasteiger charge is 2.21. The van der Waals surface area contributed by atoms with Crippen LogP contribution >= 0.6 is 7.60 Å². The van der Waals surface area contributed by atoms with Gasteiger partial charge in [-0.25, -0.2) is 0 Å². The van der Waals surface area contributed by atoms with E-state index in [0.29, 0.717) is 5.56 Å². The van der Waals surface area contributed by atoms with Gasteiger partial charge in [0.2, 0.25) is 0 Å². The fraction of sp³-hybridized carbons (Fsp3) is 0.300. The molecule has 0 aliphatic rings. The standard InChI is InChI=1S/C10H14NO6P/c12-8-3-1-7(2-4-8)5-9(10(13)14)11-6-18(15,16)17/h1-4,9,11-12H,5-6H2,(H,13,14)(H2,15,16,17)/t9-/m0/s1. The maximum atomic E-state index is 10.9. The largest absolute Gasteiger partial charge is 0.508 e. The molecule has 0 unspecified atom stereocenters. The molecule has 8 heteroatoms. The van der Waals surface area contributed by atoms with Crippen molar-refractivity contribution in [3.8, 4) is 5.75 Å². The minimum absolute atomic E-state index is 0.0637. The summed E-state index contributed by atoms with van der Waals surface area (Å²) in [6, 6.07) is 4.82. The van der Waals surface area contributed by atoms with Crippen LogP contribution in [0.15, 0.2) is 24.3 Å². The SMILES string of the molecule is O=C(O)[C@H](Cc1ccc(O)cc1)NCP(=O)(O)O. The van der Waals surface area contributed by atoms with Crippen molar-refractivity contribution in [3.63, 3.8) is 0 Å². The summed E-state index contributed by atoms with van der Waals surface area (Å²) < 4.78 is 10.7. The molecule has 100 valence electrons. The first-order valence-electron chi connectivity index (χ1n) is 5.06. The first kappa shape index (κ1) is 14.7. The number of carboxylic acid groups (broad SMARTS) is 1. The number of carbonyl (C=O) groups is 1. The molecule has 0 heterocycles. The summed E-state index contributed by atoms with van der Waals surface area (Å²) in [5, 5.41) is 20.3. The number of rotatable bonds is 6. The molecule has 1 rings (SSSR count). The number of hydrogen-bond acceptors (Lipinski definition) is 4. The Hall–Kier alpha value is -1.40. The van der Waals surface area contributed by atoms with Gasteiger partial charge in [0.05, 0.1) is 6.29 Å². The molecule has 18 heavy (non-hydrogen) atoms. The lowest BCUT2D eigenvalue weighted by molar-refractivity contribution is -0.139. The van der Waals surface area contributed by atoms with E-state index in [-0.39, 0.29) is 12.2 Å². The second kappa shape index (κ2) is 5.97. The Morgan fingerprint density at radius 3 is 2.28 bits per heavy atom. The van der Waals surface area contributed by atoms with E-state index in [9.17, 15) is 9.36 Å². The van der Waals surface area contributed by atoms with E-state index in [2.05, 4.69) is 5.32 Å². The lowest BCUT2D eigenvalue weighted by Crippen LogP contribution is -2.38. The van der Waals surface area contributed by atoms with Crippen molar-refractivity contribution in [3.05, 3.63) is 29.8 Å². The van der Waals surface area contributed by atoms with Gasteiger partial charge in [0.25, 0.3) is 0 Å². The van der Waals surface area contributed by atoms with Crippen LogP contribution in [0.4, 0.5) is 0 Å². The molecule has 1 atom stereocenters. The molecule has 1 aromatic rings. The lowest BCUT2D eigenvalue weighted by Gasteiger charge is -2.15. The third kappa shape index (κ3) is 5.29. The van der Waals surface area contributed by atoms with Gasteiger partial charge in [-0.05, 0) is 24.1 Å². The van der Waals surface area contributed by atoms with Gasteiger partial charge in [0.15, 0.2) is 0 Å². The van der Waals surface area contributed by atoms with Crippen LogP contribution in [0.25, 0.3) is 0 Å². The third-order valence-electron chi connectivity index (χ3n) is 2.22. The predicted octanol–water partition coefficient (Wildman–Crippen LogP) is 0.113. The van der Waals surface area contributed by atoms with Crippen molar-refractivity contribution in [1.29, 1.82) is 0 Å². The monoisotopic (exact) mass is 275 g/mol. The summed E-state index contributed by atoms with van der Waals surface area (Å²) in [5.74, 6) is -1.13. The van der Waals surface area contributed by atoms with Crippen LogP contribution in [0, 0.1) is 0 Å². The Kier molecular flexibility index (Phi) is 4.86. The van der Waals surface area contributed by atoms with Crippen molar-refractivity contribution in [2.75, 3.05) is 6.29 Å². The molecule has 0 radical (unpaired) electrons. The summed E-state index contributed by atoms with van der Waals surface area (Å²) in [5.41, 5.74) is 0.637. The fourth-order valence-corrected chi connectivity index (χ4v) is 1.80. The molecule has 7 nitrogen and oxygen atoms in total. The molecule has 0 fully saturated rings. The quantitative estimate of drug-likeness (QED) is 0.466. The second-order valence-electron chi connectivity index (χ2n) is 3.79. The number of aliphatic carboxylic acids is 1. The van der Waals surface area contributed by atoms with E-state index in [1.54, 1.807) is 12.1 Å². The van der Waals surface area contributed by atoms with E-state index >= 15 is 0 Å². The van der Waals surface area contributed by atoms with Crippen LogP contribution in [0.3, 0.4) is 0 Å². The molecule has 5 N–H and O–H groups in total. The van der Waals surface area contributed by atoms with Crippen LogP contribution in [0.5, 0.6) is 5.75 Å². The van der Waals surface area contributed by atoms with Gasteiger partial charge in [-0.3, -0.25) is 14.7 Å². The van der Waals surface area contributed by atoms with E-state index in [1.165, 1.54) is 12.1 Å². The number of hydrogen-bond donors (Lipinski definition) is 5. The molecular formula is C10H14NO6P. The highest BCUT2D eigenvalue weighted by molar-refractivity contribution is 7.51. The molecular weight excluding hydrogens is 261 g/mol. The predicted molar refractivity (Wildman–Crippen MR) is 63.3 cm³/mol. The van der Waals surface area contributed by atoms with Crippen molar-refractivity contribution in [2.24, 2.45) is 0 Å². The Balaban J connectivity index is 2.66. The molecule has 1 aromatic carbocycles. The molecule has 0 aliphatic carbocycles. The summed E-state index contributed by atoms with van der Waals surface area (Å²) in [4.78, 5) is 28.3. The normalized spacial score (nSPS) is 13.2. The number of carboxylic acids is 1. The zero-order valence-corrected chi connectivity index (χ0v) is 10.2. The van der Waals surface area contributed by atoms with Gasteiger partial charge in [-0.2, -0.15) is 0 Å². The van der Waals surface area contributed by atoms with Gasteiger partial charge < -0.3 is 20.0 Å². The smallest absolute Gasteiger partial charge is 0.339 e. The van der Waals surface area contributed by atoms with Gasteiger partial charge in [-0.1, -0.05) is 12.1 Å². The first-order chi connectivity index (χ1) is 8.28. The van der Waals surface area contributed by atoms with Crippen LogP contribution in [-0.4, -0.2) is 38.3 Å². The Morgan fingerprint density at radius 2 is 1.83 bits per heavy atom. The van der Waals surface area contributed by atoms with E-state index < -0.39 is 25.9 Å². The molecule has 0 aromatic heterocycles. The van der Waals surface area contributed by atoms with Gasteiger partial charge in [-0.15, -0.1) is 0 Å². The van der Waals surface area contributed by atoms with Gasteiger partial charge in [0.1, 0.15) is 11.8 Å². The molecule has 0 bridgehead atoms. The van der Waals surface area contributed by atoms with Crippen molar-refractivity contribution in [2.45, 2.75) is 12.5 Å². The third-order valence-corrected chi connectivity index (χ3v) is 2.81. The number of phenolic OH excluding ortho intramolecular Hbond substituents is 1. The molecule has 0 amide bonds. The summed E-state index contributed by atoms with van der Waals surface area (Å²) >= 11 is 0. The number of phenols is 1. The van der Waals surface area contributed by atoms with Gasteiger partial charge >= 0.3 is 13.6 Å². The second-order valence-corrected chi connectivity index (χ2v) is 5.43. The minimum Gasteiger partial charge on any atom is -0.508 e. The molecule has 0 aliphatic heterocycles. The van der Waals surface area contributed by atoms with Crippen molar-refractivity contribution >= 4 is 13.6 Å². The van der Waals surface area contributed by atoms with E-state index in [0.717, 1.165) is 0 Å². The zero-order valence-electron chi connectivity index (χ0n) is 9.35. The molecule has 0 spiro atoms. The average molecular weight is 275 g/mol. The summed E-state index contributed by atoms with van der Waals surface area (Å²) in [6.45, 7) is 0.